The third kappa shape index (κ3) is 4.00. The summed E-state index contributed by atoms with van der Waals surface area (Å²) in [5, 5.41) is 12.3. The fourth-order valence-corrected chi connectivity index (χ4v) is 8.78. The van der Waals surface area contributed by atoms with E-state index in [-0.39, 0.29) is 6.17 Å². The van der Waals surface area contributed by atoms with Crippen molar-refractivity contribution in [3.63, 3.8) is 0 Å². The highest BCUT2D eigenvalue weighted by Gasteiger charge is 2.25. The largest absolute Gasteiger partial charge is 0.372 e. The van der Waals surface area contributed by atoms with Crippen LogP contribution < -0.4 is 10.6 Å². The molecule has 0 saturated heterocycles. The lowest BCUT2D eigenvalue weighted by molar-refractivity contribution is 0.498. The Hall–Kier alpha value is -6.22. The van der Waals surface area contributed by atoms with E-state index in [1.807, 2.05) is 6.20 Å². The molecule has 3 aliphatic rings. The molecule has 0 amide bonds. The zero-order valence-electron chi connectivity index (χ0n) is 27.4. The Bertz CT molecular complexity index is 2520. The van der Waals surface area contributed by atoms with Gasteiger partial charge in [0.2, 0.25) is 0 Å². The van der Waals surface area contributed by atoms with Crippen LogP contribution in [0.25, 0.3) is 99.4 Å². The maximum atomic E-state index is 3.53. The number of rotatable bonds is 4. The molecule has 11 rings (SSSR count). The minimum absolute atomic E-state index is 0.117. The molecule has 2 nitrogen and oxygen atoms in total. The Morgan fingerprint density at radius 1 is 0.380 bits per heavy atom. The van der Waals surface area contributed by atoms with E-state index >= 15 is 0 Å². The van der Waals surface area contributed by atoms with E-state index in [9.17, 15) is 0 Å². The molecule has 1 unspecified atom stereocenters. The summed E-state index contributed by atoms with van der Waals surface area (Å²) in [6, 6.07) is 56.8. The number of nitrogens with one attached hydrogen (secondary N) is 2. The SMILES string of the molecule is C1=CNC(c2ccc(-c3cc(-c4ccc5c6c(cccc46)-c4ccccc4-5)cc(-c4ccc5c6c(cccc46)-c4ccccc4-5)c3)cc2)NC1. The normalized spacial score (nSPS) is 14.9. The molecular weight excluding hydrogens is 605 g/mol. The summed E-state index contributed by atoms with van der Waals surface area (Å²) in [5.74, 6) is 0. The van der Waals surface area contributed by atoms with E-state index in [4.69, 9.17) is 0 Å². The summed E-state index contributed by atoms with van der Waals surface area (Å²) in [6.45, 7) is 0.865. The molecule has 2 heteroatoms. The van der Waals surface area contributed by atoms with Gasteiger partial charge in [-0.2, -0.15) is 0 Å². The Labute approximate surface area is 291 Å². The zero-order valence-corrected chi connectivity index (χ0v) is 27.4. The molecule has 0 spiro atoms. The summed E-state index contributed by atoms with van der Waals surface area (Å²) < 4.78 is 0. The summed E-state index contributed by atoms with van der Waals surface area (Å²) >= 11 is 0. The van der Waals surface area contributed by atoms with Gasteiger partial charge in [-0.3, -0.25) is 5.32 Å². The summed E-state index contributed by atoms with van der Waals surface area (Å²) in [6.07, 6.45) is 4.26. The van der Waals surface area contributed by atoms with E-state index in [1.54, 1.807) is 0 Å². The molecule has 8 aromatic rings. The van der Waals surface area contributed by atoms with Crippen LogP contribution >= 0.6 is 0 Å². The first-order valence-electron chi connectivity index (χ1n) is 17.5. The summed E-state index contributed by atoms with van der Waals surface area (Å²) in [5.41, 5.74) is 19.2. The molecule has 50 heavy (non-hydrogen) atoms. The van der Waals surface area contributed by atoms with Gasteiger partial charge in [0.1, 0.15) is 6.17 Å². The Kier molecular flexibility index (Phi) is 5.89. The summed E-state index contributed by atoms with van der Waals surface area (Å²) in [4.78, 5) is 0. The number of hydrogen-bond donors (Lipinski definition) is 2. The average molecular weight is 637 g/mol. The second-order valence-electron chi connectivity index (χ2n) is 13.7. The Morgan fingerprint density at radius 3 is 1.34 bits per heavy atom. The van der Waals surface area contributed by atoms with Crippen molar-refractivity contribution in [2.45, 2.75) is 6.17 Å². The first-order valence-corrected chi connectivity index (χ1v) is 17.5. The van der Waals surface area contributed by atoms with E-state index in [0.717, 1.165) is 6.54 Å². The molecule has 0 saturated carbocycles. The van der Waals surface area contributed by atoms with E-state index in [0.29, 0.717) is 0 Å². The second kappa shape index (κ2) is 10.6. The van der Waals surface area contributed by atoms with Crippen LogP contribution in [0.2, 0.25) is 0 Å². The van der Waals surface area contributed by atoms with Crippen LogP contribution in [0.3, 0.4) is 0 Å². The van der Waals surface area contributed by atoms with Crippen molar-refractivity contribution in [2.24, 2.45) is 0 Å². The van der Waals surface area contributed by atoms with Crippen LogP contribution in [0.4, 0.5) is 0 Å². The van der Waals surface area contributed by atoms with Gasteiger partial charge in [0, 0.05) is 6.54 Å². The molecule has 0 aromatic heterocycles. The lowest BCUT2D eigenvalue weighted by Gasteiger charge is -2.22. The zero-order chi connectivity index (χ0) is 32.8. The van der Waals surface area contributed by atoms with Gasteiger partial charge in [0.15, 0.2) is 0 Å². The molecule has 234 valence electrons. The van der Waals surface area contributed by atoms with Gasteiger partial charge in [-0.05, 0) is 129 Å². The monoisotopic (exact) mass is 636 g/mol. The third-order valence-electron chi connectivity index (χ3n) is 11.0. The van der Waals surface area contributed by atoms with Gasteiger partial charge in [-0.1, -0.05) is 140 Å². The van der Waals surface area contributed by atoms with Crippen molar-refractivity contribution in [3.8, 4) is 77.9 Å². The number of benzene rings is 8. The van der Waals surface area contributed by atoms with Crippen LogP contribution in [-0.4, -0.2) is 6.54 Å². The van der Waals surface area contributed by atoms with Gasteiger partial charge in [0.05, 0.1) is 0 Å². The van der Waals surface area contributed by atoms with Crippen LogP contribution in [0, 0.1) is 0 Å². The Morgan fingerprint density at radius 2 is 0.840 bits per heavy atom. The first kappa shape index (κ1) is 27.7. The molecule has 0 fully saturated rings. The molecule has 2 N–H and O–H groups in total. The highest BCUT2D eigenvalue weighted by molar-refractivity contribution is 6.20. The fraction of sp³-hybridized carbons (Fsp3) is 0.0417. The molecule has 0 bridgehead atoms. The highest BCUT2D eigenvalue weighted by atomic mass is 15.1. The molecule has 1 heterocycles. The van der Waals surface area contributed by atoms with Crippen molar-refractivity contribution in [1.82, 2.24) is 10.6 Å². The van der Waals surface area contributed by atoms with E-state index < -0.39 is 0 Å². The first-order chi connectivity index (χ1) is 24.8. The average Bonchev–Trinajstić information content (AvgIpc) is 3.70. The van der Waals surface area contributed by atoms with Gasteiger partial charge in [-0.25, -0.2) is 0 Å². The quantitative estimate of drug-likeness (QED) is 0.201. The lowest BCUT2D eigenvalue weighted by Crippen LogP contribution is -2.34. The van der Waals surface area contributed by atoms with Crippen molar-refractivity contribution in [2.75, 3.05) is 6.54 Å². The van der Waals surface area contributed by atoms with Gasteiger partial charge in [0.25, 0.3) is 0 Å². The van der Waals surface area contributed by atoms with Crippen LogP contribution in [0.15, 0.2) is 164 Å². The minimum atomic E-state index is 0.117. The predicted molar refractivity (Wildman–Crippen MR) is 210 cm³/mol. The van der Waals surface area contributed by atoms with Gasteiger partial charge >= 0.3 is 0 Å². The van der Waals surface area contributed by atoms with Crippen molar-refractivity contribution < 1.29 is 0 Å². The number of hydrogen-bond acceptors (Lipinski definition) is 2. The van der Waals surface area contributed by atoms with Crippen molar-refractivity contribution in [1.29, 1.82) is 0 Å². The summed E-state index contributed by atoms with van der Waals surface area (Å²) in [7, 11) is 0. The van der Waals surface area contributed by atoms with Crippen LogP contribution in [0.5, 0.6) is 0 Å². The standard InChI is InChI=1S/C48H32N2/c1-3-10-38-36(8-1)42-14-5-12-40-34(20-22-44(38)46(40)42)32-26-31(29-16-18-30(19-17-29)48-49-24-7-25-50-48)27-33(28-32)35-21-23-45-39-11-4-2-9-37(39)43-15-6-13-41(35)47(43)45/h1-24,26-28,48-50H,25H2. The highest BCUT2D eigenvalue weighted by Crippen LogP contribution is 2.51. The maximum absolute atomic E-state index is 3.53. The lowest BCUT2D eigenvalue weighted by atomic mass is 9.88. The van der Waals surface area contributed by atoms with Crippen LogP contribution in [-0.2, 0) is 0 Å². The van der Waals surface area contributed by atoms with E-state index in [1.165, 1.54) is 105 Å². The smallest absolute Gasteiger partial charge is 0.103 e. The van der Waals surface area contributed by atoms with Crippen molar-refractivity contribution >= 4 is 21.5 Å². The van der Waals surface area contributed by atoms with Crippen molar-refractivity contribution in [3.05, 3.63) is 169 Å². The molecule has 2 aliphatic carbocycles. The Balaban J connectivity index is 1.13. The molecular formula is C48H32N2. The number of fused-ring (bicyclic) bond motifs is 6. The van der Waals surface area contributed by atoms with Gasteiger partial charge in [-0.15, -0.1) is 0 Å². The molecule has 1 aliphatic heterocycles. The minimum Gasteiger partial charge on any atom is -0.372 e. The predicted octanol–water partition coefficient (Wildman–Crippen LogP) is 12.0. The maximum Gasteiger partial charge on any atom is 0.103 e. The van der Waals surface area contributed by atoms with Gasteiger partial charge < -0.3 is 5.32 Å². The molecule has 1 atom stereocenters. The fourth-order valence-electron chi connectivity index (χ4n) is 8.78. The molecule has 0 radical (unpaired) electrons. The van der Waals surface area contributed by atoms with Crippen LogP contribution in [0.1, 0.15) is 11.7 Å². The third-order valence-corrected chi connectivity index (χ3v) is 11.0. The second-order valence-corrected chi connectivity index (χ2v) is 13.7. The molecule has 8 aromatic carbocycles. The van der Waals surface area contributed by atoms with E-state index in [2.05, 4.69) is 168 Å². The topological polar surface area (TPSA) is 24.1 Å².